The molecule has 0 aliphatic heterocycles. The molecule has 0 aliphatic carbocycles. The number of hydrogen-bond donors (Lipinski definition) is 1. The molecule has 6 heteroatoms. The normalized spacial score (nSPS) is 11.4. The lowest BCUT2D eigenvalue weighted by molar-refractivity contribution is 0.0697. The summed E-state index contributed by atoms with van der Waals surface area (Å²) in [7, 11) is 1.91. The van der Waals surface area contributed by atoms with Crippen LogP contribution in [0.15, 0.2) is 63.8 Å². The number of nitrogens with zero attached hydrogens (tertiary/aromatic N) is 3. The number of carboxylic acids is 1. The zero-order valence-electron chi connectivity index (χ0n) is 12.7. The lowest BCUT2D eigenvalue weighted by Gasteiger charge is -2.06. The van der Waals surface area contributed by atoms with Crippen LogP contribution in [0.3, 0.4) is 0 Å². The fourth-order valence-electron chi connectivity index (χ4n) is 2.30. The highest BCUT2D eigenvalue weighted by molar-refractivity contribution is 7.98. The van der Waals surface area contributed by atoms with Crippen LogP contribution in [0.25, 0.3) is 10.8 Å². The molecule has 0 spiro atoms. The van der Waals surface area contributed by atoms with Gasteiger partial charge in [0.15, 0.2) is 5.82 Å². The Morgan fingerprint density at radius 2 is 1.96 bits per heavy atom. The van der Waals surface area contributed by atoms with Gasteiger partial charge in [-0.15, -0.1) is 22.0 Å². The van der Waals surface area contributed by atoms with E-state index in [1.807, 2.05) is 48.3 Å². The smallest absolute Gasteiger partial charge is 0.335 e. The van der Waals surface area contributed by atoms with Gasteiger partial charge in [0.05, 0.1) is 11.3 Å². The van der Waals surface area contributed by atoms with Gasteiger partial charge in [-0.2, -0.15) is 0 Å². The highest BCUT2D eigenvalue weighted by Gasteiger charge is 2.08. The Balaban J connectivity index is 2.06. The molecule has 116 valence electrons. The van der Waals surface area contributed by atoms with Crippen LogP contribution >= 0.6 is 11.8 Å². The van der Waals surface area contributed by atoms with Crippen molar-refractivity contribution in [2.24, 2.45) is 17.3 Å². The Labute approximate surface area is 137 Å². The second kappa shape index (κ2) is 6.26. The highest BCUT2D eigenvalue weighted by Crippen LogP contribution is 2.34. The van der Waals surface area contributed by atoms with Gasteiger partial charge >= 0.3 is 5.97 Å². The number of hydrogen-bond acceptors (Lipinski definition) is 4. The number of benzene rings is 2. The van der Waals surface area contributed by atoms with Gasteiger partial charge in [0.1, 0.15) is 0 Å². The number of aromatic carboxylic acids is 1. The van der Waals surface area contributed by atoms with Gasteiger partial charge in [-0.05, 0) is 53.4 Å². The second-order valence-electron chi connectivity index (χ2n) is 5.07. The quantitative estimate of drug-likeness (QED) is 0.541. The van der Waals surface area contributed by atoms with Crippen LogP contribution in [0.1, 0.15) is 10.4 Å². The van der Waals surface area contributed by atoms with Crippen molar-refractivity contribution in [1.82, 2.24) is 4.57 Å². The van der Waals surface area contributed by atoms with E-state index in [9.17, 15) is 4.79 Å². The molecule has 1 heterocycles. The molecule has 2 aromatic carbocycles. The van der Waals surface area contributed by atoms with Crippen LogP contribution in [0.5, 0.6) is 0 Å². The van der Waals surface area contributed by atoms with E-state index in [-0.39, 0.29) is 5.56 Å². The Morgan fingerprint density at radius 3 is 2.61 bits per heavy atom. The number of aryl methyl sites for hydroxylation is 1. The van der Waals surface area contributed by atoms with Gasteiger partial charge in [-0.3, -0.25) is 0 Å². The number of fused-ring (bicyclic) bond motifs is 1. The molecule has 0 saturated carbocycles. The maximum atomic E-state index is 11.1. The second-order valence-corrected chi connectivity index (χ2v) is 5.92. The Morgan fingerprint density at radius 1 is 1.13 bits per heavy atom. The average molecular weight is 325 g/mol. The minimum atomic E-state index is -0.926. The molecule has 0 unspecified atom stereocenters. The Kier molecular flexibility index (Phi) is 4.16. The lowest BCUT2D eigenvalue weighted by atomic mass is 10.1. The van der Waals surface area contributed by atoms with Gasteiger partial charge in [0.25, 0.3) is 0 Å². The third-order valence-electron chi connectivity index (χ3n) is 3.56. The Hall–Kier alpha value is -2.60. The van der Waals surface area contributed by atoms with Crippen molar-refractivity contribution in [3.63, 3.8) is 0 Å². The first-order valence-corrected chi connectivity index (χ1v) is 8.19. The standard InChI is InChI=1S/C17H15N3O2S/c1-20-7-3-4-16(20)19-18-14-9-11-5-6-12(17(21)22)8-13(11)10-15(14)23-2/h3-10H,1-2H3,(H,21,22). The topological polar surface area (TPSA) is 66.9 Å². The van der Waals surface area contributed by atoms with Crippen LogP contribution in [0.4, 0.5) is 11.5 Å². The van der Waals surface area contributed by atoms with E-state index in [1.54, 1.807) is 30.0 Å². The first-order valence-electron chi connectivity index (χ1n) is 6.96. The first kappa shape index (κ1) is 15.3. The molecule has 1 N–H and O–H groups in total. The zero-order valence-corrected chi connectivity index (χ0v) is 13.5. The van der Waals surface area contributed by atoms with Crippen molar-refractivity contribution in [3.05, 3.63) is 54.2 Å². The van der Waals surface area contributed by atoms with Crippen molar-refractivity contribution in [2.45, 2.75) is 4.90 Å². The molecule has 0 aliphatic rings. The SMILES string of the molecule is CSc1cc2cc(C(=O)O)ccc2cc1N=Nc1cccn1C. The zero-order chi connectivity index (χ0) is 16.4. The molecule has 0 saturated heterocycles. The lowest BCUT2D eigenvalue weighted by Crippen LogP contribution is -1.95. The molecule has 5 nitrogen and oxygen atoms in total. The van der Waals surface area contributed by atoms with Crippen molar-refractivity contribution in [2.75, 3.05) is 6.26 Å². The number of carbonyl (C=O) groups is 1. The van der Waals surface area contributed by atoms with Crippen molar-refractivity contribution < 1.29 is 9.90 Å². The number of carboxylic acid groups (broad SMARTS) is 1. The molecule has 0 atom stereocenters. The molecule has 0 radical (unpaired) electrons. The molecule has 23 heavy (non-hydrogen) atoms. The van der Waals surface area contributed by atoms with Crippen molar-refractivity contribution in [1.29, 1.82) is 0 Å². The van der Waals surface area contributed by atoms with Gasteiger partial charge in [0.2, 0.25) is 0 Å². The highest BCUT2D eigenvalue weighted by atomic mass is 32.2. The summed E-state index contributed by atoms with van der Waals surface area (Å²) < 4.78 is 1.89. The van der Waals surface area contributed by atoms with E-state index < -0.39 is 5.97 Å². The summed E-state index contributed by atoms with van der Waals surface area (Å²) in [5.41, 5.74) is 1.05. The predicted octanol–water partition coefficient (Wildman–Crippen LogP) is 5.01. The summed E-state index contributed by atoms with van der Waals surface area (Å²) in [5.74, 6) is -0.150. The van der Waals surface area contributed by atoms with Gasteiger partial charge in [-0.1, -0.05) is 6.07 Å². The number of aromatic nitrogens is 1. The molecule has 3 rings (SSSR count). The van der Waals surface area contributed by atoms with E-state index in [2.05, 4.69) is 10.2 Å². The summed E-state index contributed by atoms with van der Waals surface area (Å²) >= 11 is 1.56. The summed E-state index contributed by atoms with van der Waals surface area (Å²) in [5, 5.41) is 19.6. The molecule has 1 aromatic heterocycles. The number of thioether (sulfide) groups is 1. The van der Waals surface area contributed by atoms with Gasteiger partial charge in [0, 0.05) is 18.1 Å². The summed E-state index contributed by atoms with van der Waals surface area (Å²) in [6.45, 7) is 0. The van der Waals surface area contributed by atoms with Gasteiger partial charge < -0.3 is 9.67 Å². The number of azo groups is 1. The maximum absolute atomic E-state index is 11.1. The van der Waals surface area contributed by atoms with Crippen molar-refractivity contribution in [3.8, 4) is 0 Å². The van der Waals surface area contributed by atoms with Gasteiger partial charge in [-0.25, -0.2) is 4.79 Å². The third-order valence-corrected chi connectivity index (χ3v) is 4.33. The molecular weight excluding hydrogens is 310 g/mol. The van der Waals surface area contributed by atoms with E-state index >= 15 is 0 Å². The van der Waals surface area contributed by atoms with Crippen LogP contribution in [0, 0.1) is 0 Å². The third kappa shape index (κ3) is 3.12. The largest absolute Gasteiger partial charge is 0.478 e. The van der Waals surface area contributed by atoms with Crippen LogP contribution in [-0.2, 0) is 7.05 Å². The Bertz CT molecular complexity index is 915. The minimum Gasteiger partial charge on any atom is -0.478 e. The first-order chi connectivity index (χ1) is 11.1. The monoisotopic (exact) mass is 325 g/mol. The van der Waals surface area contributed by atoms with E-state index in [0.717, 1.165) is 27.2 Å². The van der Waals surface area contributed by atoms with E-state index in [0.29, 0.717) is 0 Å². The van der Waals surface area contributed by atoms with Crippen LogP contribution in [-0.4, -0.2) is 21.9 Å². The van der Waals surface area contributed by atoms with Crippen LogP contribution in [0.2, 0.25) is 0 Å². The maximum Gasteiger partial charge on any atom is 0.335 e. The average Bonchev–Trinajstić information content (AvgIpc) is 2.96. The minimum absolute atomic E-state index is 0.280. The van der Waals surface area contributed by atoms with Crippen LogP contribution < -0.4 is 0 Å². The molecule has 0 amide bonds. The summed E-state index contributed by atoms with van der Waals surface area (Å²) in [4.78, 5) is 12.0. The van der Waals surface area contributed by atoms with E-state index in [4.69, 9.17) is 5.11 Å². The molecule has 0 fully saturated rings. The fraction of sp³-hybridized carbons (Fsp3) is 0.118. The molecular formula is C17H15N3O2S. The molecule has 3 aromatic rings. The van der Waals surface area contributed by atoms with E-state index in [1.165, 1.54) is 0 Å². The summed E-state index contributed by atoms with van der Waals surface area (Å²) in [6, 6.07) is 12.8. The fourth-order valence-corrected chi connectivity index (χ4v) is 2.85. The van der Waals surface area contributed by atoms with Crippen molar-refractivity contribution >= 4 is 40.0 Å². The number of rotatable bonds is 4. The molecule has 0 bridgehead atoms. The summed E-state index contributed by atoms with van der Waals surface area (Å²) in [6.07, 6.45) is 3.88. The predicted molar refractivity (Wildman–Crippen MR) is 92.3 cm³/mol.